The maximum absolute atomic E-state index is 12.0. The molecule has 0 bridgehead atoms. The van der Waals surface area contributed by atoms with Gasteiger partial charge in [-0.1, -0.05) is 0 Å². The van der Waals surface area contributed by atoms with E-state index < -0.39 is 5.60 Å². The zero-order valence-electron chi connectivity index (χ0n) is 12.4. The largest absolute Gasteiger partial charge is 0.444 e. The molecule has 0 radical (unpaired) electrons. The summed E-state index contributed by atoms with van der Waals surface area (Å²) in [6.07, 6.45) is 3.70. The molecule has 1 aromatic heterocycles. The van der Waals surface area contributed by atoms with Crippen molar-refractivity contribution < 1.29 is 9.53 Å². The Balaban J connectivity index is 1.82. The molecule has 0 aromatic carbocycles. The summed E-state index contributed by atoms with van der Waals surface area (Å²) in [7, 11) is 0. The number of hydrogen-bond donors (Lipinski definition) is 1. The van der Waals surface area contributed by atoms with Crippen molar-refractivity contribution in [2.45, 2.75) is 45.8 Å². The molecule has 2 heterocycles. The van der Waals surface area contributed by atoms with Crippen LogP contribution in [0.25, 0.3) is 0 Å². The summed E-state index contributed by atoms with van der Waals surface area (Å²) in [6.45, 7) is 8.04. The topological polar surface area (TPSA) is 58.3 Å². The standard InChI is InChI=1S/C14H23N3O2S/c1-14(2,3)19-13(18)16-6-4-11(5-7-16)10-17-8-9-20-12(17)15/h8-9,11,15H,4-7,10H2,1-3H3. The number of ether oxygens (including phenoxy) is 1. The molecule has 6 heteroatoms. The lowest BCUT2D eigenvalue weighted by Crippen LogP contribution is -2.42. The number of thiazole rings is 1. The van der Waals surface area contributed by atoms with Crippen molar-refractivity contribution in [2.75, 3.05) is 13.1 Å². The van der Waals surface area contributed by atoms with Gasteiger partial charge in [-0.25, -0.2) is 4.79 Å². The maximum Gasteiger partial charge on any atom is 0.410 e. The molecule has 112 valence electrons. The Labute approximate surface area is 123 Å². The minimum absolute atomic E-state index is 0.208. The summed E-state index contributed by atoms with van der Waals surface area (Å²) in [4.78, 5) is 14.4. The van der Waals surface area contributed by atoms with Crippen LogP contribution in [0.4, 0.5) is 4.79 Å². The van der Waals surface area contributed by atoms with Gasteiger partial charge in [0.05, 0.1) is 0 Å². The Hall–Kier alpha value is -1.30. The van der Waals surface area contributed by atoms with Crippen molar-refractivity contribution in [3.05, 3.63) is 16.4 Å². The first-order valence-electron chi connectivity index (χ1n) is 7.01. The Morgan fingerprint density at radius 3 is 2.60 bits per heavy atom. The first kappa shape index (κ1) is 15.1. The molecule has 0 spiro atoms. The Kier molecular flexibility index (Phi) is 4.52. The fourth-order valence-corrected chi connectivity index (χ4v) is 2.96. The van der Waals surface area contributed by atoms with Crippen LogP contribution >= 0.6 is 11.3 Å². The third-order valence-electron chi connectivity index (χ3n) is 3.40. The van der Waals surface area contributed by atoms with Crippen LogP contribution in [0.1, 0.15) is 33.6 Å². The highest BCUT2D eigenvalue weighted by Crippen LogP contribution is 2.20. The minimum atomic E-state index is -0.430. The normalized spacial score (nSPS) is 17.2. The lowest BCUT2D eigenvalue weighted by molar-refractivity contribution is 0.0178. The van der Waals surface area contributed by atoms with E-state index in [0.717, 1.165) is 32.5 Å². The van der Waals surface area contributed by atoms with Crippen molar-refractivity contribution in [1.29, 1.82) is 5.41 Å². The van der Waals surface area contributed by atoms with Crippen LogP contribution in [-0.4, -0.2) is 34.3 Å². The van der Waals surface area contributed by atoms with Crippen LogP contribution in [0.3, 0.4) is 0 Å². The molecule has 1 aromatic rings. The summed E-state index contributed by atoms with van der Waals surface area (Å²) in [6, 6.07) is 0. The van der Waals surface area contributed by atoms with Gasteiger partial charge in [-0.2, -0.15) is 0 Å². The van der Waals surface area contributed by atoms with Crippen LogP contribution < -0.4 is 4.80 Å². The SMILES string of the molecule is CC(C)(C)OC(=O)N1CCC(Cn2ccsc2=N)CC1. The van der Waals surface area contributed by atoms with Gasteiger partial charge in [-0.15, -0.1) is 11.3 Å². The first-order valence-corrected chi connectivity index (χ1v) is 7.89. The molecule has 0 aliphatic carbocycles. The van der Waals surface area contributed by atoms with Gasteiger partial charge in [0, 0.05) is 31.2 Å². The number of rotatable bonds is 2. The zero-order chi connectivity index (χ0) is 14.8. The molecule has 0 saturated carbocycles. The smallest absolute Gasteiger partial charge is 0.410 e. The van der Waals surface area contributed by atoms with Gasteiger partial charge in [0.25, 0.3) is 0 Å². The lowest BCUT2D eigenvalue weighted by Gasteiger charge is -2.33. The Bertz CT molecular complexity index is 507. The summed E-state index contributed by atoms with van der Waals surface area (Å²) in [5, 5.41) is 9.72. The molecule has 1 aliphatic rings. The molecular weight excluding hydrogens is 274 g/mol. The van der Waals surface area contributed by atoms with Crippen LogP contribution in [0.2, 0.25) is 0 Å². The highest BCUT2D eigenvalue weighted by Gasteiger charge is 2.26. The van der Waals surface area contributed by atoms with Gasteiger partial charge in [0.2, 0.25) is 0 Å². The van der Waals surface area contributed by atoms with E-state index in [2.05, 4.69) is 0 Å². The average molecular weight is 297 g/mol. The quantitative estimate of drug-likeness (QED) is 0.912. The van der Waals surface area contributed by atoms with Crippen molar-refractivity contribution in [1.82, 2.24) is 9.47 Å². The molecule has 0 atom stereocenters. The number of likely N-dealkylation sites (tertiary alicyclic amines) is 1. The van der Waals surface area contributed by atoms with Gasteiger partial charge < -0.3 is 14.2 Å². The van der Waals surface area contributed by atoms with Crippen molar-refractivity contribution >= 4 is 17.4 Å². The fourth-order valence-electron chi connectivity index (χ4n) is 2.35. The van der Waals surface area contributed by atoms with E-state index >= 15 is 0 Å². The molecular formula is C14H23N3O2S. The fraction of sp³-hybridized carbons (Fsp3) is 0.714. The van der Waals surface area contributed by atoms with Crippen LogP contribution in [-0.2, 0) is 11.3 Å². The Morgan fingerprint density at radius 2 is 2.10 bits per heavy atom. The molecule has 5 nitrogen and oxygen atoms in total. The number of nitrogens with zero attached hydrogens (tertiary/aromatic N) is 2. The van der Waals surface area contributed by atoms with Gasteiger partial charge in [-0.3, -0.25) is 5.41 Å². The number of amides is 1. The third kappa shape index (κ3) is 4.10. The Morgan fingerprint density at radius 1 is 1.45 bits per heavy atom. The monoisotopic (exact) mass is 297 g/mol. The number of carbonyl (C=O) groups is 1. The van der Waals surface area contributed by atoms with E-state index in [4.69, 9.17) is 10.1 Å². The van der Waals surface area contributed by atoms with E-state index in [0.29, 0.717) is 10.7 Å². The van der Waals surface area contributed by atoms with Crippen molar-refractivity contribution in [3.8, 4) is 0 Å². The molecule has 20 heavy (non-hydrogen) atoms. The zero-order valence-corrected chi connectivity index (χ0v) is 13.2. The third-order valence-corrected chi connectivity index (χ3v) is 4.12. The molecule has 1 aliphatic heterocycles. The number of nitrogens with one attached hydrogen (secondary N) is 1. The predicted molar refractivity (Wildman–Crippen MR) is 78.7 cm³/mol. The summed E-state index contributed by atoms with van der Waals surface area (Å²) >= 11 is 1.45. The van der Waals surface area contributed by atoms with Crippen molar-refractivity contribution in [2.24, 2.45) is 5.92 Å². The van der Waals surface area contributed by atoms with Crippen LogP contribution in [0, 0.1) is 11.3 Å². The van der Waals surface area contributed by atoms with Crippen molar-refractivity contribution in [3.63, 3.8) is 0 Å². The molecule has 1 fully saturated rings. The number of hydrogen-bond acceptors (Lipinski definition) is 4. The summed E-state index contributed by atoms with van der Waals surface area (Å²) < 4.78 is 7.38. The maximum atomic E-state index is 12.0. The predicted octanol–water partition coefficient (Wildman–Crippen LogP) is 2.68. The highest BCUT2D eigenvalue weighted by atomic mass is 32.1. The van der Waals surface area contributed by atoms with Gasteiger partial charge in [0.15, 0.2) is 4.80 Å². The van der Waals surface area contributed by atoms with E-state index in [1.165, 1.54) is 11.3 Å². The number of aromatic nitrogens is 1. The van der Waals surface area contributed by atoms with Gasteiger partial charge >= 0.3 is 6.09 Å². The van der Waals surface area contributed by atoms with Gasteiger partial charge in [-0.05, 0) is 39.5 Å². The van der Waals surface area contributed by atoms with E-state index in [-0.39, 0.29) is 6.09 Å². The van der Waals surface area contributed by atoms with E-state index in [1.807, 2.05) is 36.9 Å². The minimum Gasteiger partial charge on any atom is -0.444 e. The summed E-state index contributed by atoms with van der Waals surface area (Å²) in [5.41, 5.74) is -0.430. The average Bonchev–Trinajstić information content (AvgIpc) is 2.74. The molecule has 1 saturated heterocycles. The van der Waals surface area contributed by atoms with Crippen LogP contribution in [0.15, 0.2) is 11.6 Å². The molecule has 2 rings (SSSR count). The van der Waals surface area contributed by atoms with Gasteiger partial charge in [0.1, 0.15) is 5.60 Å². The summed E-state index contributed by atoms with van der Waals surface area (Å²) in [5.74, 6) is 0.539. The second kappa shape index (κ2) is 5.99. The number of piperidine rings is 1. The van der Waals surface area contributed by atoms with Crippen LogP contribution in [0.5, 0.6) is 0 Å². The highest BCUT2D eigenvalue weighted by molar-refractivity contribution is 7.06. The molecule has 0 unspecified atom stereocenters. The number of carbonyl (C=O) groups excluding carboxylic acids is 1. The lowest BCUT2D eigenvalue weighted by atomic mass is 9.97. The van der Waals surface area contributed by atoms with E-state index in [9.17, 15) is 4.79 Å². The molecule has 1 amide bonds. The second-order valence-corrected chi connectivity index (χ2v) is 7.17. The first-order chi connectivity index (χ1) is 9.35. The molecule has 1 N–H and O–H groups in total. The second-order valence-electron chi connectivity index (χ2n) is 6.27. The van der Waals surface area contributed by atoms with E-state index in [1.54, 1.807) is 4.90 Å².